The highest BCUT2D eigenvalue weighted by molar-refractivity contribution is 5.84. The molecule has 2 aromatic carbocycles. The van der Waals surface area contributed by atoms with Crippen LogP contribution in [-0.2, 0) is 0 Å². The Morgan fingerprint density at radius 2 is 1.88 bits per heavy atom. The van der Waals surface area contributed by atoms with Crippen LogP contribution in [0.5, 0.6) is 5.75 Å². The summed E-state index contributed by atoms with van der Waals surface area (Å²) in [6.07, 6.45) is 0.585. The van der Waals surface area contributed by atoms with Gasteiger partial charge in [-0.15, -0.1) is 0 Å². The van der Waals surface area contributed by atoms with E-state index in [1.165, 1.54) is 0 Å². The monoisotopic (exact) mass is 231 g/mol. The lowest BCUT2D eigenvalue weighted by molar-refractivity contribution is 0.276. The second kappa shape index (κ2) is 5.17. The summed E-state index contributed by atoms with van der Waals surface area (Å²) in [4.78, 5) is 0. The molecule has 1 unspecified atom stereocenters. The summed E-state index contributed by atoms with van der Waals surface area (Å²) in [7, 11) is 1.66. The van der Waals surface area contributed by atoms with Gasteiger partial charge in [-0.05, 0) is 41.0 Å². The quantitative estimate of drug-likeness (QED) is 0.848. The highest BCUT2D eigenvalue weighted by Gasteiger charge is 2.06. The molecule has 0 saturated heterocycles. The molecule has 0 amide bonds. The van der Waals surface area contributed by atoms with Crippen molar-refractivity contribution in [2.24, 2.45) is 5.73 Å². The first-order valence-corrected chi connectivity index (χ1v) is 5.68. The van der Waals surface area contributed by atoms with Crippen molar-refractivity contribution in [2.45, 2.75) is 12.5 Å². The third-order valence-corrected chi connectivity index (χ3v) is 2.94. The zero-order chi connectivity index (χ0) is 12.3. The topological polar surface area (TPSA) is 55.5 Å². The smallest absolute Gasteiger partial charge is 0.119 e. The number of nitrogens with two attached hydrogens (primary N) is 1. The Kier molecular flexibility index (Phi) is 3.61. The first-order chi connectivity index (χ1) is 8.24. The van der Waals surface area contributed by atoms with Crippen molar-refractivity contribution in [3.05, 3.63) is 42.0 Å². The second-order valence-electron chi connectivity index (χ2n) is 4.09. The summed E-state index contributed by atoms with van der Waals surface area (Å²) in [5.41, 5.74) is 7.02. The van der Waals surface area contributed by atoms with Crippen LogP contribution < -0.4 is 10.5 Å². The maximum Gasteiger partial charge on any atom is 0.119 e. The van der Waals surface area contributed by atoms with E-state index in [0.717, 1.165) is 22.1 Å². The van der Waals surface area contributed by atoms with Gasteiger partial charge in [0.15, 0.2) is 0 Å². The summed E-state index contributed by atoms with van der Waals surface area (Å²) in [5, 5.41) is 11.1. The molecule has 1 atom stereocenters. The lowest BCUT2D eigenvalue weighted by atomic mass is 10.0. The van der Waals surface area contributed by atoms with E-state index in [1.54, 1.807) is 7.11 Å². The van der Waals surface area contributed by atoms with E-state index in [-0.39, 0.29) is 12.6 Å². The van der Waals surface area contributed by atoms with Crippen molar-refractivity contribution >= 4 is 10.8 Å². The summed E-state index contributed by atoms with van der Waals surface area (Å²) >= 11 is 0. The minimum absolute atomic E-state index is 0.105. The van der Waals surface area contributed by atoms with Crippen molar-refractivity contribution < 1.29 is 9.84 Å². The van der Waals surface area contributed by atoms with Gasteiger partial charge in [0.2, 0.25) is 0 Å². The fourth-order valence-electron chi connectivity index (χ4n) is 1.91. The predicted octanol–water partition coefficient (Wildman–Crippen LogP) is 2.23. The highest BCUT2D eigenvalue weighted by Crippen LogP contribution is 2.24. The van der Waals surface area contributed by atoms with Crippen LogP contribution in [0.4, 0.5) is 0 Å². The van der Waals surface area contributed by atoms with Crippen molar-refractivity contribution in [3.63, 3.8) is 0 Å². The molecule has 0 aliphatic carbocycles. The van der Waals surface area contributed by atoms with Crippen LogP contribution in [-0.4, -0.2) is 18.8 Å². The van der Waals surface area contributed by atoms with Gasteiger partial charge in [-0.3, -0.25) is 0 Å². The van der Waals surface area contributed by atoms with E-state index in [2.05, 4.69) is 6.07 Å². The number of hydrogen-bond donors (Lipinski definition) is 2. The van der Waals surface area contributed by atoms with Gasteiger partial charge in [-0.25, -0.2) is 0 Å². The second-order valence-corrected chi connectivity index (χ2v) is 4.09. The molecule has 0 heterocycles. The van der Waals surface area contributed by atoms with Crippen LogP contribution in [0.1, 0.15) is 18.0 Å². The van der Waals surface area contributed by atoms with E-state index < -0.39 is 0 Å². The molecule has 3 heteroatoms. The minimum Gasteiger partial charge on any atom is -0.497 e. The van der Waals surface area contributed by atoms with Gasteiger partial charge in [0, 0.05) is 12.6 Å². The van der Waals surface area contributed by atoms with Gasteiger partial charge in [0.25, 0.3) is 0 Å². The zero-order valence-electron chi connectivity index (χ0n) is 9.89. The maximum absolute atomic E-state index is 8.88. The van der Waals surface area contributed by atoms with Crippen LogP contribution in [0.3, 0.4) is 0 Å². The average Bonchev–Trinajstić information content (AvgIpc) is 2.37. The van der Waals surface area contributed by atoms with E-state index in [0.29, 0.717) is 6.42 Å². The normalized spacial score (nSPS) is 12.6. The predicted molar refractivity (Wildman–Crippen MR) is 69.1 cm³/mol. The van der Waals surface area contributed by atoms with Crippen LogP contribution >= 0.6 is 0 Å². The van der Waals surface area contributed by atoms with E-state index >= 15 is 0 Å². The molecule has 3 nitrogen and oxygen atoms in total. The SMILES string of the molecule is COc1ccc2cc(C(N)CCO)ccc2c1. The molecule has 0 aliphatic heterocycles. The Morgan fingerprint density at radius 3 is 2.59 bits per heavy atom. The molecular weight excluding hydrogens is 214 g/mol. The fourth-order valence-corrected chi connectivity index (χ4v) is 1.91. The number of methoxy groups -OCH3 is 1. The first-order valence-electron chi connectivity index (χ1n) is 5.68. The Hall–Kier alpha value is -1.58. The largest absolute Gasteiger partial charge is 0.497 e. The third kappa shape index (κ3) is 2.57. The lowest BCUT2D eigenvalue weighted by Gasteiger charge is -2.11. The Morgan fingerprint density at radius 1 is 1.18 bits per heavy atom. The van der Waals surface area contributed by atoms with Gasteiger partial charge in [0.1, 0.15) is 5.75 Å². The molecule has 0 fully saturated rings. The molecule has 0 bridgehead atoms. The summed E-state index contributed by atoms with van der Waals surface area (Å²) < 4.78 is 5.18. The molecule has 0 spiro atoms. The standard InChI is InChI=1S/C14H17NO2/c1-17-13-5-4-10-8-12(14(15)6-7-16)3-2-11(10)9-13/h2-5,8-9,14,16H,6-7,15H2,1H3. The molecule has 0 aliphatic rings. The van der Waals surface area contributed by atoms with Crippen molar-refractivity contribution in [1.82, 2.24) is 0 Å². The Labute approximate surface area is 101 Å². The number of hydrogen-bond acceptors (Lipinski definition) is 3. The fraction of sp³-hybridized carbons (Fsp3) is 0.286. The minimum atomic E-state index is -0.105. The third-order valence-electron chi connectivity index (χ3n) is 2.94. The van der Waals surface area contributed by atoms with Crippen molar-refractivity contribution in [3.8, 4) is 5.75 Å². The van der Waals surface area contributed by atoms with Gasteiger partial charge in [0.05, 0.1) is 7.11 Å². The maximum atomic E-state index is 8.88. The molecular formula is C14H17NO2. The van der Waals surface area contributed by atoms with Gasteiger partial charge in [-0.1, -0.05) is 18.2 Å². The summed E-state index contributed by atoms with van der Waals surface area (Å²) in [6, 6.07) is 11.9. The number of ether oxygens (including phenoxy) is 1. The van der Waals surface area contributed by atoms with Crippen LogP contribution in [0.2, 0.25) is 0 Å². The zero-order valence-corrected chi connectivity index (χ0v) is 9.89. The number of aliphatic hydroxyl groups is 1. The molecule has 0 aromatic heterocycles. The van der Waals surface area contributed by atoms with Crippen LogP contribution in [0.15, 0.2) is 36.4 Å². The molecule has 17 heavy (non-hydrogen) atoms. The van der Waals surface area contributed by atoms with Crippen LogP contribution in [0.25, 0.3) is 10.8 Å². The van der Waals surface area contributed by atoms with Gasteiger partial charge < -0.3 is 15.6 Å². The number of fused-ring (bicyclic) bond motifs is 1. The van der Waals surface area contributed by atoms with E-state index in [9.17, 15) is 0 Å². The highest BCUT2D eigenvalue weighted by atomic mass is 16.5. The lowest BCUT2D eigenvalue weighted by Crippen LogP contribution is -2.11. The Bertz CT molecular complexity index is 511. The molecule has 90 valence electrons. The average molecular weight is 231 g/mol. The molecule has 2 rings (SSSR count). The van der Waals surface area contributed by atoms with Crippen LogP contribution in [0, 0.1) is 0 Å². The summed E-state index contributed by atoms with van der Waals surface area (Å²) in [6.45, 7) is 0.113. The van der Waals surface area contributed by atoms with Gasteiger partial charge >= 0.3 is 0 Å². The molecule has 2 aromatic rings. The summed E-state index contributed by atoms with van der Waals surface area (Å²) in [5.74, 6) is 0.852. The van der Waals surface area contributed by atoms with Gasteiger partial charge in [-0.2, -0.15) is 0 Å². The molecule has 0 radical (unpaired) electrons. The number of rotatable bonds is 4. The molecule has 0 saturated carbocycles. The Balaban J connectivity index is 2.37. The van der Waals surface area contributed by atoms with Crippen molar-refractivity contribution in [2.75, 3.05) is 13.7 Å². The molecule has 3 N–H and O–H groups in total. The van der Waals surface area contributed by atoms with Crippen molar-refractivity contribution in [1.29, 1.82) is 0 Å². The first kappa shape index (κ1) is 11.9. The number of benzene rings is 2. The van der Waals surface area contributed by atoms with E-state index in [1.807, 2.05) is 30.3 Å². The number of aliphatic hydroxyl groups excluding tert-OH is 1. The van der Waals surface area contributed by atoms with E-state index in [4.69, 9.17) is 15.6 Å².